The molecule has 0 saturated heterocycles. The molecule has 0 saturated carbocycles. The maximum absolute atomic E-state index is 13.8. The lowest BCUT2D eigenvalue weighted by Gasteiger charge is -2.12. The molecule has 0 spiro atoms. The summed E-state index contributed by atoms with van der Waals surface area (Å²) in [6, 6.07) is 11.6. The van der Waals surface area contributed by atoms with Crippen LogP contribution in [0.15, 0.2) is 42.5 Å². The Kier molecular flexibility index (Phi) is 6.76. The molecule has 4 N–H and O–H groups in total. The maximum Gasteiger partial charge on any atom is 0.404 e. The summed E-state index contributed by atoms with van der Waals surface area (Å²) in [5.41, 5.74) is 7.41. The Morgan fingerprint density at radius 3 is 2.76 bits per heavy atom. The van der Waals surface area contributed by atoms with Crippen LogP contribution < -0.4 is 15.8 Å². The first-order valence-corrected chi connectivity index (χ1v) is 10.4. The number of aromatic amines is 1. The van der Waals surface area contributed by atoms with Crippen molar-refractivity contribution in [1.82, 2.24) is 20.2 Å². The van der Waals surface area contributed by atoms with Crippen LogP contribution in [0.2, 0.25) is 10.4 Å². The van der Waals surface area contributed by atoms with Crippen molar-refractivity contribution in [3.05, 3.63) is 69.8 Å². The number of halogens is 3. The highest BCUT2D eigenvalue weighted by Gasteiger charge is 2.12. The predicted octanol–water partition coefficient (Wildman–Crippen LogP) is 4.61. The van der Waals surface area contributed by atoms with E-state index in [4.69, 9.17) is 33.7 Å². The number of hydrogen-bond acceptors (Lipinski definition) is 7. The Bertz CT molecular complexity index is 1300. The van der Waals surface area contributed by atoms with Crippen molar-refractivity contribution in [1.29, 1.82) is 0 Å². The Morgan fingerprint density at radius 1 is 1.12 bits per heavy atom. The molecular formula is C21H17Cl2FN6O3. The molecule has 0 aliphatic rings. The topological polar surface area (TPSA) is 128 Å². The van der Waals surface area contributed by atoms with Gasteiger partial charge in [-0.15, -0.1) is 0 Å². The highest BCUT2D eigenvalue weighted by molar-refractivity contribution is 6.32. The van der Waals surface area contributed by atoms with Gasteiger partial charge in [0.05, 0.1) is 5.52 Å². The van der Waals surface area contributed by atoms with Gasteiger partial charge in [0.2, 0.25) is 5.28 Å². The lowest BCUT2D eigenvalue weighted by atomic mass is 10.0. The zero-order valence-corrected chi connectivity index (χ0v) is 18.5. The molecule has 2 heterocycles. The molecule has 0 radical (unpaired) electrons. The minimum Gasteiger partial charge on any atom is -0.490 e. The van der Waals surface area contributed by atoms with Crippen molar-refractivity contribution in [2.75, 3.05) is 18.5 Å². The van der Waals surface area contributed by atoms with E-state index in [1.807, 2.05) is 18.2 Å². The fourth-order valence-corrected chi connectivity index (χ4v) is 3.57. The lowest BCUT2D eigenvalue weighted by Crippen LogP contribution is -2.17. The first-order valence-electron chi connectivity index (χ1n) is 9.65. The average Bonchev–Trinajstić information content (AvgIpc) is 3.14. The van der Waals surface area contributed by atoms with Crippen LogP contribution in [0.3, 0.4) is 0 Å². The minimum absolute atomic E-state index is 0.00981. The summed E-state index contributed by atoms with van der Waals surface area (Å²) in [6.45, 7) is -0.00333. The molecule has 1 amide bonds. The van der Waals surface area contributed by atoms with Gasteiger partial charge >= 0.3 is 6.09 Å². The summed E-state index contributed by atoms with van der Waals surface area (Å²) in [4.78, 5) is 18.6. The normalized spacial score (nSPS) is 10.9. The van der Waals surface area contributed by atoms with Crippen LogP contribution >= 0.6 is 23.2 Å². The van der Waals surface area contributed by atoms with Gasteiger partial charge in [0, 0.05) is 23.9 Å². The maximum atomic E-state index is 13.8. The van der Waals surface area contributed by atoms with Crippen LogP contribution in [-0.2, 0) is 11.2 Å². The molecule has 0 aliphatic heterocycles. The van der Waals surface area contributed by atoms with Crippen molar-refractivity contribution >= 4 is 51.8 Å². The number of carbonyl (C=O) groups excluding carboxylic acids is 1. The van der Waals surface area contributed by atoms with Crippen LogP contribution in [0.1, 0.15) is 11.1 Å². The van der Waals surface area contributed by atoms with E-state index < -0.39 is 11.9 Å². The second-order valence-electron chi connectivity index (χ2n) is 6.87. The van der Waals surface area contributed by atoms with E-state index in [2.05, 4.69) is 30.2 Å². The Hall–Kier alpha value is -3.63. The van der Waals surface area contributed by atoms with Crippen LogP contribution in [0, 0.1) is 5.82 Å². The number of benzene rings is 2. The van der Waals surface area contributed by atoms with Gasteiger partial charge in [0.1, 0.15) is 35.8 Å². The molecule has 0 fully saturated rings. The highest BCUT2D eigenvalue weighted by Crippen LogP contribution is 2.28. The molecule has 2 aromatic heterocycles. The molecule has 0 aliphatic carbocycles. The number of fused-ring (bicyclic) bond motifs is 1. The van der Waals surface area contributed by atoms with E-state index in [0.717, 1.165) is 22.0 Å². The summed E-state index contributed by atoms with van der Waals surface area (Å²) < 4.78 is 24.0. The van der Waals surface area contributed by atoms with Crippen molar-refractivity contribution in [3.63, 3.8) is 0 Å². The number of amides is 1. The number of ether oxygens (including phenoxy) is 2. The quantitative estimate of drug-likeness (QED) is 0.187. The standard InChI is InChI=1S/C21H17Cl2FN6O3/c22-17-10-18(28-20(23)26-17)27-19-14-8-11(1-4-15(14)29-30-19)7-12-2-3-13(24)9-16(12)32-5-6-33-21(25)31/h1-4,8-10H,5-7H2,(H2,25,31)(H2,26,27,28,29,30). The summed E-state index contributed by atoms with van der Waals surface area (Å²) in [6.07, 6.45) is -0.444. The van der Waals surface area contributed by atoms with Crippen molar-refractivity contribution in [3.8, 4) is 5.75 Å². The summed E-state index contributed by atoms with van der Waals surface area (Å²) >= 11 is 11.8. The number of aromatic nitrogens is 4. The number of H-pyrrole nitrogens is 1. The largest absolute Gasteiger partial charge is 0.490 e. The van der Waals surface area contributed by atoms with Crippen LogP contribution in [0.25, 0.3) is 10.9 Å². The van der Waals surface area contributed by atoms with Gasteiger partial charge in [-0.2, -0.15) is 5.10 Å². The van der Waals surface area contributed by atoms with Crippen molar-refractivity contribution < 1.29 is 18.7 Å². The van der Waals surface area contributed by atoms with Crippen LogP contribution in [0.4, 0.5) is 20.8 Å². The zero-order chi connectivity index (χ0) is 23.4. The van der Waals surface area contributed by atoms with Gasteiger partial charge < -0.3 is 20.5 Å². The van der Waals surface area contributed by atoms with Gasteiger partial charge in [0.15, 0.2) is 5.82 Å². The van der Waals surface area contributed by atoms with Crippen molar-refractivity contribution in [2.45, 2.75) is 6.42 Å². The van der Waals surface area contributed by atoms with Gasteiger partial charge in [0.25, 0.3) is 0 Å². The molecular weight excluding hydrogens is 474 g/mol. The molecule has 4 aromatic rings. The van der Waals surface area contributed by atoms with E-state index >= 15 is 0 Å². The third kappa shape index (κ3) is 5.79. The van der Waals surface area contributed by atoms with E-state index in [1.165, 1.54) is 18.2 Å². The van der Waals surface area contributed by atoms with Gasteiger partial charge in [-0.25, -0.2) is 19.2 Å². The zero-order valence-electron chi connectivity index (χ0n) is 16.9. The number of nitrogens with two attached hydrogens (primary N) is 1. The molecule has 0 bridgehead atoms. The monoisotopic (exact) mass is 490 g/mol. The molecule has 2 aromatic carbocycles. The Balaban J connectivity index is 1.56. The van der Waals surface area contributed by atoms with E-state index in [9.17, 15) is 9.18 Å². The number of nitrogens with zero attached hydrogens (tertiary/aromatic N) is 3. The second-order valence-corrected chi connectivity index (χ2v) is 7.59. The predicted molar refractivity (Wildman–Crippen MR) is 122 cm³/mol. The lowest BCUT2D eigenvalue weighted by molar-refractivity contribution is 0.133. The van der Waals surface area contributed by atoms with E-state index in [1.54, 1.807) is 6.07 Å². The molecule has 4 rings (SSSR count). The smallest absolute Gasteiger partial charge is 0.404 e. The first kappa shape index (κ1) is 22.6. The van der Waals surface area contributed by atoms with E-state index in [0.29, 0.717) is 23.8 Å². The number of primary amides is 1. The Morgan fingerprint density at radius 2 is 1.97 bits per heavy atom. The summed E-state index contributed by atoms with van der Waals surface area (Å²) in [5, 5.41) is 11.3. The second kappa shape index (κ2) is 9.88. The number of hydrogen-bond donors (Lipinski definition) is 3. The van der Waals surface area contributed by atoms with Gasteiger partial charge in [-0.05, 0) is 40.9 Å². The van der Waals surface area contributed by atoms with Crippen LogP contribution in [-0.4, -0.2) is 39.5 Å². The van der Waals surface area contributed by atoms with Gasteiger partial charge in [-0.3, -0.25) is 5.10 Å². The Labute approximate surface area is 197 Å². The third-order valence-corrected chi connectivity index (χ3v) is 4.91. The molecule has 0 atom stereocenters. The molecule has 12 heteroatoms. The number of rotatable bonds is 8. The SMILES string of the molecule is NC(=O)OCCOc1cc(F)ccc1Cc1ccc2[nH]nc(Nc3cc(Cl)nc(Cl)n3)c2c1. The van der Waals surface area contributed by atoms with Crippen molar-refractivity contribution in [2.24, 2.45) is 5.73 Å². The number of carbonyl (C=O) groups is 1. The number of nitrogens with one attached hydrogen (secondary N) is 2. The highest BCUT2D eigenvalue weighted by atomic mass is 35.5. The molecule has 0 unspecified atom stereocenters. The van der Waals surface area contributed by atoms with Gasteiger partial charge in [-0.1, -0.05) is 23.7 Å². The van der Waals surface area contributed by atoms with Crippen LogP contribution in [0.5, 0.6) is 5.75 Å². The molecule has 170 valence electrons. The first-order chi connectivity index (χ1) is 15.9. The number of anilines is 2. The third-order valence-electron chi connectivity index (χ3n) is 4.55. The molecule has 9 nitrogen and oxygen atoms in total. The summed E-state index contributed by atoms with van der Waals surface area (Å²) in [5.74, 6) is 0.825. The van der Waals surface area contributed by atoms with E-state index in [-0.39, 0.29) is 23.7 Å². The average molecular weight is 491 g/mol. The fourth-order valence-electron chi connectivity index (χ4n) is 3.16. The molecule has 33 heavy (non-hydrogen) atoms. The summed E-state index contributed by atoms with van der Waals surface area (Å²) in [7, 11) is 0. The fraction of sp³-hybridized carbons (Fsp3) is 0.143. The minimum atomic E-state index is -0.901.